The lowest BCUT2D eigenvalue weighted by Crippen LogP contribution is -2.12. The highest BCUT2D eigenvalue weighted by Gasteiger charge is 2.11. The van der Waals surface area contributed by atoms with Gasteiger partial charge in [0, 0.05) is 13.0 Å². The molecule has 0 saturated carbocycles. The predicted molar refractivity (Wildman–Crippen MR) is 103 cm³/mol. The highest BCUT2D eigenvalue weighted by atomic mass is 16.5. The van der Waals surface area contributed by atoms with Gasteiger partial charge in [-0.15, -0.1) is 0 Å². The van der Waals surface area contributed by atoms with Crippen LogP contribution in [0.3, 0.4) is 0 Å². The van der Waals surface area contributed by atoms with E-state index in [9.17, 15) is 0 Å². The van der Waals surface area contributed by atoms with Gasteiger partial charge in [0.2, 0.25) is 0 Å². The summed E-state index contributed by atoms with van der Waals surface area (Å²) in [5, 5.41) is 0. The molecular formula is C21H27N3O. The first-order valence-corrected chi connectivity index (χ1v) is 8.94. The molecule has 0 amide bonds. The average molecular weight is 337 g/mol. The standard InChI is InChI=1S/C21H27N3O/c1-15-5-7-18(8-6-15)25-12-4-11-24-20-14-17(3)16(2)13-19(20)23-21(24)9-10-22/h5-8,13-14H,4,9-12,22H2,1-3H3. The molecule has 2 aromatic carbocycles. The Morgan fingerprint density at radius 2 is 1.76 bits per heavy atom. The average Bonchev–Trinajstić information content (AvgIpc) is 2.91. The molecule has 4 heteroatoms. The summed E-state index contributed by atoms with van der Waals surface area (Å²) in [5.74, 6) is 1.99. The Morgan fingerprint density at radius 1 is 1.04 bits per heavy atom. The Labute approximate surface area is 149 Å². The minimum absolute atomic E-state index is 0.612. The molecule has 132 valence electrons. The summed E-state index contributed by atoms with van der Waals surface area (Å²) in [5.41, 5.74) is 11.9. The molecule has 0 radical (unpaired) electrons. The molecule has 4 nitrogen and oxygen atoms in total. The number of aryl methyl sites for hydroxylation is 4. The van der Waals surface area contributed by atoms with Gasteiger partial charge in [-0.2, -0.15) is 0 Å². The molecular weight excluding hydrogens is 310 g/mol. The van der Waals surface area contributed by atoms with Crippen molar-refractivity contribution >= 4 is 11.0 Å². The van der Waals surface area contributed by atoms with Gasteiger partial charge >= 0.3 is 0 Å². The van der Waals surface area contributed by atoms with E-state index in [2.05, 4.69) is 49.6 Å². The van der Waals surface area contributed by atoms with Gasteiger partial charge in [-0.05, 0) is 69.1 Å². The van der Waals surface area contributed by atoms with E-state index >= 15 is 0 Å². The Hall–Kier alpha value is -2.33. The molecule has 0 aliphatic heterocycles. The molecule has 25 heavy (non-hydrogen) atoms. The fourth-order valence-corrected chi connectivity index (χ4v) is 3.05. The van der Waals surface area contributed by atoms with Gasteiger partial charge < -0.3 is 15.0 Å². The van der Waals surface area contributed by atoms with Crippen LogP contribution < -0.4 is 10.5 Å². The van der Waals surface area contributed by atoms with Crippen LogP contribution in [0.25, 0.3) is 11.0 Å². The Morgan fingerprint density at radius 3 is 2.48 bits per heavy atom. The summed E-state index contributed by atoms with van der Waals surface area (Å²) < 4.78 is 8.15. The summed E-state index contributed by atoms with van der Waals surface area (Å²) in [7, 11) is 0. The molecule has 0 saturated heterocycles. The maximum Gasteiger partial charge on any atom is 0.119 e. The number of aromatic nitrogens is 2. The molecule has 0 spiro atoms. The number of ether oxygens (including phenoxy) is 1. The van der Waals surface area contributed by atoms with Crippen LogP contribution in [-0.2, 0) is 13.0 Å². The van der Waals surface area contributed by atoms with Crippen LogP contribution in [-0.4, -0.2) is 22.7 Å². The SMILES string of the molecule is Cc1ccc(OCCCn2c(CCN)nc3cc(C)c(C)cc32)cc1. The number of rotatable bonds is 7. The first-order valence-electron chi connectivity index (χ1n) is 8.94. The molecule has 2 N–H and O–H groups in total. The zero-order chi connectivity index (χ0) is 17.8. The van der Waals surface area contributed by atoms with Crippen LogP contribution in [0.1, 0.15) is 28.9 Å². The van der Waals surface area contributed by atoms with Crippen molar-refractivity contribution in [2.45, 2.75) is 40.2 Å². The van der Waals surface area contributed by atoms with Crippen molar-refractivity contribution in [3.8, 4) is 5.75 Å². The quantitative estimate of drug-likeness (QED) is 0.665. The molecule has 1 heterocycles. The van der Waals surface area contributed by atoms with Crippen LogP contribution in [0, 0.1) is 20.8 Å². The highest BCUT2D eigenvalue weighted by Crippen LogP contribution is 2.21. The molecule has 3 rings (SSSR count). The van der Waals surface area contributed by atoms with Crippen molar-refractivity contribution in [2.24, 2.45) is 5.73 Å². The second-order valence-electron chi connectivity index (χ2n) is 6.66. The number of imidazole rings is 1. The van der Waals surface area contributed by atoms with E-state index < -0.39 is 0 Å². The molecule has 0 aliphatic carbocycles. The van der Waals surface area contributed by atoms with Crippen LogP contribution in [0.5, 0.6) is 5.75 Å². The summed E-state index contributed by atoms with van der Waals surface area (Å²) in [6, 6.07) is 12.6. The number of hydrogen-bond acceptors (Lipinski definition) is 3. The minimum Gasteiger partial charge on any atom is -0.494 e. The third kappa shape index (κ3) is 4.02. The lowest BCUT2D eigenvalue weighted by molar-refractivity contribution is 0.301. The third-order valence-corrected chi connectivity index (χ3v) is 4.63. The fraction of sp³-hybridized carbons (Fsp3) is 0.381. The topological polar surface area (TPSA) is 53.1 Å². The van der Waals surface area contributed by atoms with Gasteiger partial charge in [0.25, 0.3) is 0 Å². The molecule has 0 unspecified atom stereocenters. The first kappa shape index (κ1) is 17.5. The van der Waals surface area contributed by atoms with Crippen molar-refractivity contribution in [1.29, 1.82) is 0 Å². The first-order chi connectivity index (χ1) is 12.1. The highest BCUT2D eigenvalue weighted by molar-refractivity contribution is 5.78. The largest absolute Gasteiger partial charge is 0.494 e. The number of hydrogen-bond donors (Lipinski definition) is 1. The zero-order valence-electron chi connectivity index (χ0n) is 15.4. The minimum atomic E-state index is 0.612. The van der Waals surface area contributed by atoms with E-state index in [0.717, 1.165) is 36.5 Å². The Bertz CT molecular complexity index is 850. The second-order valence-corrected chi connectivity index (χ2v) is 6.66. The van der Waals surface area contributed by atoms with Crippen molar-refractivity contribution in [3.05, 3.63) is 58.9 Å². The maximum absolute atomic E-state index is 5.86. The fourth-order valence-electron chi connectivity index (χ4n) is 3.05. The van der Waals surface area contributed by atoms with Gasteiger partial charge in [-0.3, -0.25) is 0 Å². The van der Waals surface area contributed by atoms with Crippen molar-refractivity contribution in [2.75, 3.05) is 13.2 Å². The van der Waals surface area contributed by atoms with E-state index in [1.807, 2.05) is 12.1 Å². The molecule has 0 bridgehead atoms. The molecule has 1 aromatic heterocycles. The summed E-state index contributed by atoms with van der Waals surface area (Å²) in [4.78, 5) is 4.79. The molecule has 0 aliphatic rings. The lowest BCUT2D eigenvalue weighted by Gasteiger charge is -2.11. The van der Waals surface area contributed by atoms with Gasteiger partial charge in [0.05, 0.1) is 17.6 Å². The number of benzene rings is 2. The van der Waals surface area contributed by atoms with Gasteiger partial charge in [0.1, 0.15) is 11.6 Å². The van der Waals surface area contributed by atoms with E-state index in [-0.39, 0.29) is 0 Å². The Balaban J connectivity index is 1.72. The van der Waals surface area contributed by atoms with Crippen molar-refractivity contribution < 1.29 is 4.74 Å². The Kier molecular flexibility index (Phi) is 5.39. The summed E-state index contributed by atoms with van der Waals surface area (Å²) in [6.07, 6.45) is 1.73. The number of fused-ring (bicyclic) bond motifs is 1. The van der Waals surface area contributed by atoms with E-state index in [1.165, 1.54) is 22.2 Å². The number of nitrogens with zero attached hydrogens (tertiary/aromatic N) is 2. The maximum atomic E-state index is 5.86. The van der Waals surface area contributed by atoms with E-state index in [0.29, 0.717) is 13.2 Å². The molecule has 0 atom stereocenters. The normalized spacial score (nSPS) is 11.2. The van der Waals surface area contributed by atoms with Crippen LogP contribution in [0.4, 0.5) is 0 Å². The van der Waals surface area contributed by atoms with Crippen LogP contribution in [0.15, 0.2) is 36.4 Å². The van der Waals surface area contributed by atoms with Crippen molar-refractivity contribution in [1.82, 2.24) is 9.55 Å². The van der Waals surface area contributed by atoms with Crippen molar-refractivity contribution in [3.63, 3.8) is 0 Å². The van der Waals surface area contributed by atoms with Gasteiger partial charge in [0.15, 0.2) is 0 Å². The van der Waals surface area contributed by atoms with Crippen LogP contribution in [0.2, 0.25) is 0 Å². The number of nitrogens with two attached hydrogens (primary N) is 1. The van der Waals surface area contributed by atoms with Gasteiger partial charge in [-0.1, -0.05) is 17.7 Å². The van der Waals surface area contributed by atoms with E-state index in [1.54, 1.807) is 0 Å². The van der Waals surface area contributed by atoms with Crippen LogP contribution >= 0.6 is 0 Å². The summed E-state index contributed by atoms with van der Waals surface area (Å²) >= 11 is 0. The second kappa shape index (κ2) is 7.70. The zero-order valence-corrected chi connectivity index (χ0v) is 15.4. The predicted octanol–water partition coefficient (Wildman–Crippen LogP) is 3.93. The van der Waals surface area contributed by atoms with Gasteiger partial charge in [-0.25, -0.2) is 4.98 Å². The lowest BCUT2D eigenvalue weighted by atomic mass is 10.1. The third-order valence-electron chi connectivity index (χ3n) is 4.63. The molecule has 3 aromatic rings. The molecule has 0 fully saturated rings. The van der Waals surface area contributed by atoms with E-state index in [4.69, 9.17) is 15.5 Å². The summed E-state index contributed by atoms with van der Waals surface area (Å²) in [6.45, 7) is 8.55. The smallest absolute Gasteiger partial charge is 0.119 e. The monoisotopic (exact) mass is 337 g/mol.